The average Bonchev–Trinajstić information content (AvgIpc) is 3.38. The molecular weight excluding hydrogens is 452 g/mol. The Morgan fingerprint density at radius 1 is 1.25 bits per heavy atom. The third-order valence-corrected chi connectivity index (χ3v) is 7.04. The molecule has 3 amide bonds. The van der Waals surface area contributed by atoms with Crippen LogP contribution >= 0.6 is 22.9 Å². The number of nitrogens with zero attached hydrogens (tertiary/aromatic N) is 3. The summed E-state index contributed by atoms with van der Waals surface area (Å²) in [6.07, 6.45) is 1.33. The van der Waals surface area contributed by atoms with E-state index in [1.54, 1.807) is 28.0 Å². The van der Waals surface area contributed by atoms with E-state index < -0.39 is 5.92 Å². The summed E-state index contributed by atoms with van der Waals surface area (Å²) in [4.78, 5) is 45.9. The van der Waals surface area contributed by atoms with E-state index in [4.69, 9.17) is 16.3 Å². The molecule has 0 saturated carbocycles. The number of benzene rings is 1. The number of piperidine rings is 1. The van der Waals surface area contributed by atoms with Gasteiger partial charge in [-0.2, -0.15) is 0 Å². The molecule has 1 atom stereocenters. The van der Waals surface area contributed by atoms with E-state index >= 15 is 0 Å². The highest BCUT2D eigenvalue weighted by Crippen LogP contribution is 2.36. The molecule has 2 aromatic rings. The molecule has 1 N–H and O–H groups in total. The van der Waals surface area contributed by atoms with Crippen LogP contribution in [0.3, 0.4) is 0 Å². The highest BCUT2D eigenvalue weighted by molar-refractivity contribution is 7.13. The van der Waals surface area contributed by atoms with Crippen LogP contribution in [0.1, 0.15) is 25.0 Å². The summed E-state index contributed by atoms with van der Waals surface area (Å²) < 4.78 is 5.36. The number of likely N-dealkylation sites (tertiary alicyclic amines) is 1. The normalized spacial score (nSPS) is 19.3. The zero-order chi connectivity index (χ0) is 22.8. The maximum Gasteiger partial charge on any atom is 0.229 e. The number of aromatic nitrogens is 1. The third-order valence-electron chi connectivity index (χ3n) is 5.93. The molecule has 8 nitrogen and oxygen atoms in total. The molecule has 2 aliphatic heterocycles. The van der Waals surface area contributed by atoms with Crippen LogP contribution in [-0.4, -0.2) is 54.3 Å². The predicted molar refractivity (Wildman–Crippen MR) is 123 cm³/mol. The summed E-state index contributed by atoms with van der Waals surface area (Å²) in [5.74, 6) is -0.261. The standard InChI is InChI=1S/C22H25ClN4O4S/c1-13-12-32-22(24-13)25-20(29)14-5-7-26(8-6-14)21(30)15-9-19(28)27(11-15)17-10-16(23)3-4-18(17)31-2/h3-4,10,12,14-15H,5-9,11H2,1-2H3,(H,24,25,29). The van der Waals surface area contributed by atoms with Gasteiger partial charge in [-0.05, 0) is 38.0 Å². The van der Waals surface area contributed by atoms with Crippen LogP contribution in [0, 0.1) is 18.8 Å². The fourth-order valence-electron chi connectivity index (χ4n) is 4.22. The first-order chi connectivity index (χ1) is 15.4. The van der Waals surface area contributed by atoms with Crippen LogP contribution in [0.2, 0.25) is 5.02 Å². The minimum atomic E-state index is -0.421. The maximum absolute atomic E-state index is 13.1. The van der Waals surface area contributed by atoms with Gasteiger partial charge < -0.3 is 19.9 Å². The highest BCUT2D eigenvalue weighted by atomic mass is 35.5. The monoisotopic (exact) mass is 476 g/mol. The Hall–Kier alpha value is -2.65. The van der Waals surface area contributed by atoms with E-state index in [1.165, 1.54) is 18.4 Å². The summed E-state index contributed by atoms with van der Waals surface area (Å²) >= 11 is 7.51. The lowest BCUT2D eigenvalue weighted by atomic mass is 9.94. The Labute approximate surface area is 195 Å². The number of hydrogen-bond acceptors (Lipinski definition) is 6. The molecule has 4 rings (SSSR count). The van der Waals surface area contributed by atoms with Crippen LogP contribution in [-0.2, 0) is 14.4 Å². The van der Waals surface area contributed by atoms with Crippen LogP contribution in [0.4, 0.5) is 10.8 Å². The smallest absolute Gasteiger partial charge is 0.229 e. The summed E-state index contributed by atoms with van der Waals surface area (Å²) in [5.41, 5.74) is 1.45. The highest BCUT2D eigenvalue weighted by Gasteiger charge is 2.39. The SMILES string of the molecule is COc1ccc(Cl)cc1N1CC(C(=O)N2CCC(C(=O)Nc3nc(C)cs3)CC2)CC1=O. The van der Waals surface area contributed by atoms with Crippen molar-refractivity contribution >= 4 is 51.5 Å². The molecule has 2 saturated heterocycles. The second-order valence-electron chi connectivity index (χ2n) is 8.10. The number of ether oxygens (including phenoxy) is 1. The maximum atomic E-state index is 13.1. The van der Waals surface area contributed by atoms with Crippen LogP contribution in [0.25, 0.3) is 0 Å². The molecule has 3 heterocycles. The van der Waals surface area contributed by atoms with Gasteiger partial charge in [-0.3, -0.25) is 14.4 Å². The van der Waals surface area contributed by atoms with E-state index in [9.17, 15) is 14.4 Å². The fraction of sp³-hybridized carbons (Fsp3) is 0.455. The predicted octanol–water partition coefficient (Wildman–Crippen LogP) is 3.34. The van der Waals surface area contributed by atoms with Crippen molar-refractivity contribution in [3.8, 4) is 5.75 Å². The van der Waals surface area contributed by atoms with Crippen molar-refractivity contribution in [2.45, 2.75) is 26.2 Å². The molecule has 2 fully saturated rings. The molecule has 32 heavy (non-hydrogen) atoms. The number of anilines is 2. The largest absolute Gasteiger partial charge is 0.495 e. The van der Waals surface area contributed by atoms with E-state index in [2.05, 4.69) is 10.3 Å². The number of carbonyl (C=O) groups is 3. The van der Waals surface area contributed by atoms with E-state index in [0.717, 1.165) is 5.69 Å². The van der Waals surface area contributed by atoms with Gasteiger partial charge in [0.25, 0.3) is 0 Å². The number of aryl methyl sites for hydroxylation is 1. The first-order valence-corrected chi connectivity index (χ1v) is 11.8. The minimum absolute atomic E-state index is 0.0451. The Morgan fingerprint density at radius 2 is 2.00 bits per heavy atom. The van der Waals surface area contributed by atoms with E-state index in [-0.39, 0.29) is 36.6 Å². The number of hydrogen-bond donors (Lipinski definition) is 1. The summed E-state index contributed by atoms with van der Waals surface area (Å²) in [6.45, 7) is 3.17. The number of rotatable bonds is 5. The van der Waals surface area contributed by atoms with Crippen molar-refractivity contribution in [3.63, 3.8) is 0 Å². The molecule has 2 aliphatic rings. The van der Waals surface area contributed by atoms with Crippen molar-refractivity contribution in [1.82, 2.24) is 9.88 Å². The summed E-state index contributed by atoms with van der Waals surface area (Å²) in [6, 6.07) is 5.09. The zero-order valence-corrected chi connectivity index (χ0v) is 19.5. The van der Waals surface area contributed by atoms with Gasteiger partial charge in [0.15, 0.2) is 5.13 Å². The Morgan fingerprint density at radius 3 is 2.66 bits per heavy atom. The second-order valence-corrected chi connectivity index (χ2v) is 9.40. The molecule has 1 aromatic heterocycles. The first kappa shape index (κ1) is 22.5. The number of methoxy groups -OCH3 is 1. The lowest BCUT2D eigenvalue weighted by Gasteiger charge is -2.32. The number of nitrogens with one attached hydrogen (secondary N) is 1. The lowest BCUT2D eigenvalue weighted by molar-refractivity contribution is -0.138. The lowest BCUT2D eigenvalue weighted by Crippen LogP contribution is -2.44. The number of carbonyl (C=O) groups excluding carboxylic acids is 3. The van der Waals surface area contributed by atoms with Gasteiger partial charge in [-0.15, -0.1) is 11.3 Å². The average molecular weight is 477 g/mol. The van der Waals surface area contributed by atoms with Gasteiger partial charge in [0.1, 0.15) is 5.75 Å². The Balaban J connectivity index is 1.34. The summed E-state index contributed by atoms with van der Waals surface area (Å²) in [5, 5.41) is 5.86. The van der Waals surface area contributed by atoms with Crippen LogP contribution in [0.5, 0.6) is 5.75 Å². The van der Waals surface area contributed by atoms with Gasteiger partial charge in [-0.25, -0.2) is 4.98 Å². The van der Waals surface area contributed by atoms with Crippen molar-refractivity contribution in [1.29, 1.82) is 0 Å². The van der Waals surface area contributed by atoms with Crippen molar-refractivity contribution in [2.24, 2.45) is 11.8 Å². The van der Waals surface area contributed by atoms with Crippen molar-refractivity contribution < 1.29 is 19.1 Å². The van der Waals surface area contributed by atoms with Crippen molar-refractivity contribution in [3.05, 3.63) is 34.3 Å². The molecule has 10 heteroatoms. The molecule has 1 unspecified atom stereocenters. The number of amides is 3. The van der Waals surface area contributed by atoms with E-state index in [1.807, 2.05) is 12.3 Å². The topological polar surface area (TPSA) is 91.8 Å². The van der Waals surface area contributed by atoms with Crippen LogP contribution < -0.4 is 15.0 Å². The van der Waals surface area contributed by atoms with Gasteiger partial charge in [0, 0.05) is 42.4 Å². The third kappa shape index (κ3) is 4.73. The number of halogens is 1. The molecule has 0 spiro atoms. The van der Waals surface area contributed by atoms with Gasteiger partial charge in [0.05, 0.1) is 24.4 Å². The van der Waals surface area contributed by atoms with E-state index in [0.29, 0.717) is 47.5 Å². The minimum Gasteiger partial charge on any atom is -0.495 e. The van der Waals surface area contributed by atoms with Gasteiger partial charge >= 0.3 is 0 Å². The molecule has 170 valence electrons. The molecule has 1 aromatic carbocycles. The number of thiazole rings is 1. The van der Waals surface area contributed by atoms with Gasteiger partial charge in [0.2, 0.25) is 17.7 Å². The summed E-state index contributed by atoms with van der Waals surface area (Å²) in [7, 11) is 1.53. The first-order valence-electron chi connectivity index (χ1n) is 10.5. The fourth-order valence-corrected chi connectivity index (χ4v) is 5.08. The Kier molecular flexibility index (Phi) is 6.66. The quantitative estimate of drug-likeness (QED) is 0.714. The molecule has 0 bridgehead atoms. The van der Waals surface area contributed by atoms with Gasteiger partial charge in [-0.1, -0.05) is 11.6 Å². The molecule has 0 aliphatic carbocycles. The zero-order valence-electron chi connectivity index (χ0n) is 18.0. The molecular formula is C22H25ClN4O4S. The molecule has 0 radical (unpaired) electrons. The Bertz CT molecular complexity index is 1030. The van der Waals surface area contributed by atoms with Crippen molar-refractivity contribution in [2.75, 3.05) is 37.0 Å². The second kappa shape index (κ2) is 9.46. The van der Waals surface area contributed by atoms with Crippen LogP contribution in [0.15, 0.2) is 23.6 Å².